The van der Waals surface area contributed by atoms with Crippen molar-refractivity contribution in [2.75, 3.05) is 5.73 Å². The van der Waals surface area contributed by atoms with E-state index in [0.29, 0.717) is 5.82 Å². The summed E-state index contributed by atoms with van der Waals surface area (Å²) in [6, 6.07) is 2.12. The van der Waals surface area contributed by atoms with Gasteiger partial charge in [0.05, 0.1) is 0 Å². The molecule has 0 aromatic carbocycles. The van der Waals surface area contributed by atoms with E-state index in [1.165, 1.54) is 5.56 Å². The highest BCUT2D eigenvalue weighted by atomic mass is 14.9. The minimum atomic E-state index is 0.0760. The first-order valence-corrected chi connectivity index (χ1v) is 4.56. The molecule has 0 spiro atoms. The molecule has 0 unspecified atom stereocenters. The quantitative estimate of drug-likeness (QED) is 0.663. The molecule has 13 heavy (non-hydrogen) atoms. The minimum absolute atomic E-state index is 0.0760. The zero-order chi connectivity index (χ0) is 10.2. The average Bonchev–Trinajstić information content (AvgIpc) is 1.97. The minimum Gasteiger partial charge on any atom is -0.383 e. The van der Waals surface area contributed by atoms with Gasteiger partial charge < -0.3 is 5.73 Å². The average molecular weight is 178 g/mol. The third kappa shape index (κ3) is 2.00. The molecule has 0 aliphatic heterocycles. The predicted molar refractivity (Wildman–Crippen MR) is 56.8 cm³/mol. The Balaban J connectivity index is 3.29. The fourth-order valence-electron chi connectivity index (χ4n) is 1.15. The molecule has 2 N–H and O–H groups in total. The van der Waals surface area contributed by atoms with Crippen molar-refractivity contribution < 1.29 is 0 Å². The van der Waals surface area contributed by atoms with Gasteiger partial charge in [0.1, 0.15) is 5.82 Å². The molecule has 0 amide bonds. The molecule has 1 aromatic heterocycles. The molecule has 0 fully saturated rings. The summed E-state index contributed by atoms with van der Waals surface area (Å²) in [6.07, 6.45) is 0. The standard InChI is InChI=1S/C11H18N2/c1-7-6-9(11(3,4)5)13-10(12)8(7)2/h6H,1-5H3,(H2,12,13). The third-order valence-electron chi connectivity index (χ3n) is 2.34. The van der Waals surface area contributed by atoms with Crippen LogP contribution in [0.3, 0.4) is 0 Å². The molecule has 72 valence electrons. The van der Waals surface area contributed by atoms with E-state index < -0.39 is 0 Å². The van der Waals surface area contributed by atoms with Crippen molar-refractivity contribution >= 4 is 5.82 Å². The molecule has 0 atom stereocenters. The van der Waals surface area contributed by atoms with Crippen LogP contribution in [0, 0.1) is 13.8 Å². The van der Waals surface area contributed by atoms with Gasteiger partial charge >= 0.3 is 0 Å². The summed E-state index contributed by atoms with van der Waals surface area (Å²) in [6.45, 7) is 10.5. The first-order valence-electron chi connectivity index (χ1n) is 4.56. The van der Waals surface area contributed by atoms with Crippen LogP contribution in [-0.2, 0) is 5.41 Å². The fourth-order valence-corrected chi connectivity index (χ4v) is 1.15. The highest BCUT2D eigenvalue weighted by molar-refractivity contribution is 5.45. The summed E-state index contributed by atoms with van der Waals surface area (Å²) in [7, 11) is 0. The molecular formula is C11H18N2. The molecule has 1 heterocycles. The second-order valence-electron chi connectivity index (χ2n) is 4.58. The highest BCUT2D eigenvalue weighted by Gasteiger charge is 2.16. The molecule has 0 saturated carbocycles. The van der Waals surface area contributed by atoms with E-state index >= 15 is 0 Å². The topological polar surface area (TPSA) is 38.9 Å². The van der Waals surface area contributed by atoms with E-state index in [-0.39, 0.29) is 5.41 Å². The van der Waals surface area contributed by atoms with Crippen LogP contribution >= 0.6 is 0 Å². The Morgan fingerprint density at radius 1 is 1.23 bits per heavy atom. The highest BCUT2D eigenvalue weighted by Crippen LogP contribution is 2.24. The van der Waals surface area contributed by atoms with Gasteiger partial charge in [0.25, 0.3) is 0 Å². The maximum Gasteiger partial charge on any atom is 0.126 e. The van der Waals surface area contributed by atoms with Gasteiger partial charge in [-0.3, -0.25) is 0 Å². The van der Waals surface area contributed by atoms with Gasteiger partial charge in [-0.2, -0.15) is 0 Å². The number of nitrogens with zero attached hydrogens (tertiary/aromatic N) is 1. The number of aromatic nitrogens is 1. The molecule has 0 aliphatic carbocycles. The molecule has 2 heteroatoms. The number of anilines is 1. The maximum atomic E-state index is 5.81. The Morgan fingerprint density at radius 3 is 2.15 bits per heavy atom. The Labute approximate surface area is 80.2 Å². The van der Waals surface area contributed by atoms with Gasteiger partial charge in [0.2, 0.25) is 0 Å². The Hall–Kier alpha value is -1.05. The number of rotatable bonds is 0. The number of hydrogen-bond donors (Lipinski definition) is 1. The molecule has 1 aromatic rings. The van der Waals surface area contributed by atoms with E-state index in [2.05, 4.69) is 38.7 Å². The molecule has 0 aliphatic rings. The lowest BCUT2D eigenvalue weighted by molar-refractivity contribution is 0.569. The van der Waals surface area contributed by atoms with Crippen molar-refractivity contribution in [1.82, 2.24) is 4.98 Å². The summed E-state index contributed by atoms with van der Waals surface area (Å²) >= 11 is 0. The first-order chi connectivity index (χ1) is 5.82. The lowest BCUT2D eigenvalue weighted by Gasteiger charge is -2.19. The third-order valence-corrected chi connectivity index (χ3v) is 2.34. The van der Waals surface area contributed by atoms with Crippen molar-refractivity contribution in [2.45, 2.75) is 40.0 Å². The molecular weight excluding hydrogens is 160 g/mol. The van der Waals surface area contributed by atoms with Crippen LogP contribution in [0.4, 0.5) is 5.82 Å². The van der Waals surface area contributed by atoms with Gasteiger partial charge in [-0.25, -0.2) is 4.98 Å². The summed E-state index contributed by atoms with van der Waals surface area (Å²) in [5, 5.41) is 0. The number of pyridine rings is 1. The first kappa shape index (κ1) is 10.0. The van der Waals surface area contributed by atoms with Gasteiger partial charge in [-0.1, -0.05) is 20.8 Å². The summed E-state index contributed by atoms with van der Waals surface area (Å²) in [5.74, 6) is 0.657. The predicted octanol–water partition coefficient (Wildman–Crippen LogP) is 2.58. The van der Waals surface area contributed by atoms with Crippen LogP contribution in [0.25, 0.3) is 0 Å². The Morgan fingerprint density at radius 2 is 1.77 bits per heavy atom. The zero-order valence-electron chi connectivity index (χ0n) is 9.10. The summed E-state index contributed by atoms with van der Waals surface area (Å²) in [5.41, 5.74) is 9.26. The van der Waals surface area contributed by atoms with Gasteiger partial charge in [0, 0.05) is 11.1 Å². The van der Waals surface area contributed by atoms with Crippen LogP contribution in [0.15, 0.2) is 6.07 Å². The van der Waals surface area contributed by atoms with E-state index in [9.17, 15) is 0 Å². The molecule has 0 bridgehead atoms. The number of hydrogen-bond acceptors (Lipinski definition) is 2. The van der Waals surface area contributed by atoms with E-state index in [1.54, 1.807) is 0 Å². The Bertz CT molecular complexity index is 298. The van der Waals surface area contributed by atoms with E-state index in [4.69, 9.17) is 5.73 Å². The largest absolute Gasteiger partial charge is 0.383 e. The van der Waals surface area contributed by atoms with Crippen LogP contribution in [0.1, 0.15) is 37.6 Å². The summed E-state index contributed by atoms with van der Waals surface area (Å²) in [4.78, 5) is 4.38. The molecule has 2 nitrogen and oxygen atoms in total. The van der Waals surface area contributed by atoms with Crippen LogP contribution in [-0.4, -0.2) is 4.98 Å². The van der Waals surface area contributed by atoms with Gasteiger partial charge in [-0.05, 0) is 31.0 Å². The normalized spacial score (nSPS) is 11.8. The number of aryl methyl sites for hydroxylation is 1. The van der Waals surface area contributed by atoms with Crippen LogP contribution in [0.5, 0.6) is 0 Å². The van der Waals surface area contributed by atoms with Crippen molar-refractivity contribution in [3.05, 3.63) is 22.9 Å². The van der Waals surface area contributed by atoms with Crippen LogP contribution in [0.2, 0.25) is 0 Å². The van der Waals surface area contributed by atoms with Crippen molar-refractivity contribution in [1.29, 1.82) is 0 Å². The second kappa shape index (κ2) is 3.02. The van der Waals surface area contributed by atoms with Gasteiger partial charge in [0.15, 0.2) is 0 Å². The number of nitrogen functional groups attached to an aromatic ring is 1. The Kier molecular flexibility index (Phi) is 2.33. The fraction of sp³-hybridized carbons (Fsp3) is 0.545. The lowest BCUT2D eigenvalue weighted by atomic mass is 9.90. The molecule has 0 saturated heterocycles. The van der Waals surface area contributed by atoms with E-state index in [1.807, 2.05) is 6.92 Å². The number of nitrogens with two attached hydrogens (primary N) is 1. The van der Waals surface area contributed by atoms with Crippen molar-refractivity contribution in [3.63, 3.8) is 0 Å². The molecule has 1 rings (SSSR count). The van der Waals surface area contributed by atoms with E-state index in [0.717, 1.165) is 11.3 Å². The van der Waals surface area contributed by atoms with Crippen LogP contribution < -0.4 is 5.73 Å². The zero-order valence-corrected chi connectivity index (χ0v) is 9.10. The van der Waals surface area contributed by atoms with Crippen molar-refractivity contribution in [2.24, 2.45) is 0 Å². The lowest BCUT2D eigenvalue weighted by Crippen LogP contribution is -2.15. The smallest absolute Gasteiger partial charge is 0.126 e. The monoisotopic (exact) mass is 178 g/mol. The summed E-state index contributed by atoms with van der Waals surface area (Å²) < 4.78 is 0. The molecule has 0 radical (unpaired) electrons. The second-order valence-corrected chi connectivity index (χ2v) is 4.58. The SMILES string of the molecule is Cc1cc(C(C)(C)C)nc(N)c1C. The van der Waals surface area contributed by atoms with Gasteiger partial charge in [-0.15, -0.1) is 0 Å². The van der Waals surface area contributed by atoms with Crippen molar-refractivity contribution in [3.8, 4) is 0 Å². The maximum absolute atomic E-state index is 5.81.